The second kappa shape index (κ2) is 6.87. The number of rotatable bonds is 4. The molecule has 0 aliphatic carbocycles. The van der Waals surface area contributed by atoms with E-state index in [1.54, 1.807) is 0 Å². The molecule has 1 aromatic rings. The lowest BCUT2D eigenvalue weighted by atomic mass is 10.1. The molecular weight excluding hydrogens is 304 g/mol. The Morgan fingerprint density at radius 3 is 2.81 bits per heavy atom. The minimum absolute atomic E-state index is 0.100. The van der Waals surface area contributed by atoms with Gasteiger partial charge in [0, 0.05) is 17.3 Å². The number of carbonyl (C=O) groups is 1. The molecule has 1 saturated heterocycles. The van der Waals surface area contributed by atoms with Gasteiger partial charge in [-0.2, -0.15) is 11.8 Å². The van der Waals surface area contributed by atoms with E-state index in [0.29, 0.717) is 27.6 Å². The Kier molecular flexibility index (Phi) is 5.37. The van der Waals surface area contributed by atoms with Gasteiger partial charge in [0.2, 0.25) is 0 Å². The molecule has 1 atom stereocenters. The van der Waals surface area contributed by atoms with Crippen LogP contribution in [0.15, 0.2) is 0 Å². The Balaban J connectivity index is 1.92. The summed E-state index contributed by atoms with van der Waals surface area (Å²) in [5, 5.41) is 7.46. The fraction of sp³-hybridized carbons (Fsp3) is 0.714. The number of amides is 1. The summed E-state index contributed by atoms with van der Waals surface area (Å²) in [6.45, 7) is 6.85. The number of aromatic nitrogens is 1. The van der Waals surface area contributed by atoms with Crippen molar-refractivity contribution in [3.63, 3.8) is 0 Å². The fourth-order valence-electron chi connectivity index (χ4n) is 2.12. The van der Waals surface area contributed by atoms with Crippen molar-refractivity contribution in [2.24, 2.45) is 0 Å². The molecule has 21 heavy (non-hydrogen) atoms. The van der Waals surface area contributed by atoms with Gasteiger partial charge >= 0.3 is 0 Å². The molecule has 0 bridgehead atoms. The Morgan fingerprint density at radius 1 is 1.43 bits per heavy atom. The van der Waals surface area contributed by atoms with Crippen LogP contribution in [-0.4, -0.2) is 34.0 Å². The topological polar surface area (TPSA) is 80.0 Å². The molecule has 1 unspecified atom stereocenters. The van der Waals surface area contributed by atoms with Crippen LogP contribution in [0.1, 0.15) is 49.7 Å². The number of hydrogen-bond donors (Lipinski definition) is 3. The molecule has 0 spiro atoms. The number of thioether (sulfide) groups is 1. The van der Waals surface area contributed by atoms with Crippen molar-refractivity contribution >= 4 is 40.0 Å². The lowest BCUT2D eigenvalue weighted by Gasteiger charge is -2.21. The zero-order chi connectivity index (χ0) is 15.5. The number of nitrogens with two attached hydrogens (primary N) is 1. The van der Waals surface area contributed by atoms with Gasteiger partial charge in [-0.1, -0.05) is 17.8 Å². The van der Waals surface area contributed by atoms with Crippen LogP contribution in [0, 0.1) is 0 Å². The number of thiazole rings is 1. The van der Waals surface area contributed by atoms with Crippen molar-refractivity contribution in [1.82, 2.24) is 10.3 Å². The molecule has 5 nitrogen and oxygen atoms in total. The molecule has 4 N–H and O–H groups in total. The van der Waals surface area contributed by atoms with E-state index in [1.807, 2.05) is 32.5 Å². The fourth-order valence-corrected chi connectivity index (χ4v) is 4.37. The summed E-state index contributed by atoms with van der Waals surface area (Å²) >= 11 is 3.26. The van der Waals surface area contributed by atoms with Gasteiger partial charge in [-0.3, -0.25) is 4.79 Å². The summed E-state index contributed by atoms with van der Waals surface area (Å²) in [5.74, 6) is 1.39. The Bertz CT molecular complexity index is 490. The molecule has 0 saturated carbocycles. The van der Waals surface area contributed by atoms with Gasteiger partial charge in [0.05, 0.1) is 0 Å². The van der Waals surface area contributed by atoms with Crippen molar-refractivity contribution in [2.45, 2.75) is 50.8 Å². The highest BCUT2D eigenvalue weighted by Crippen LogP contribution is 2.28. The predicted octanol–water partition coefficient (Wildman–Crippen LogP) is 2.95. The number of nitrogens with zero attached hydrogens (tertiary/aromatic N) is 1. The minimum Gasteiger partial charge on any atom is -0.382 e. The first-order valence-electron chi connectivity index (χ1n) is 7.29. The van der Waals surface area contributed by atoms with Crippen molar-refractivity contribution in [1.29, 1.82) is 0 Å². The first-order valence-corrected chi connectivity index (χ1v) is 9.16. The van der Waals surface area contributed by atoms with E-state index in [-0.39, 0.29) is 11.4 Å². The van der Waals surface area contributed by atoms with Gasteiger partial charge in [-0.25, -0.2) is 4.98 Å². The van der Waals surface area contributed by atoms with E-state index in [1.165, 1.54) is 36.4 Å². The van der Waals surface area contributed by atoms with Crippen LogP contribution in [0.4, 0.5) is 10.9 Å². The van der Waals surface area contributed by atoms with Crippen LogP contribution >= 0.6 is 23.1 Å². The largest absolute Gasteiger partial charge is 0.382 e. The zero-order valence-electron chi connectivity index (χ0n) is 12.9. The van der Waals surface area contributed by atoms with Crippen LogP contribution in [0.2, 0.25) is 0 Å². The summed E-state index contributed by atoms with van der Waals surface area (Å²) in [4.78, 5) is 17.0. The van der Waals surface area contributed by atoms with E-state index in [0.717, 1.165) is 0 Å². The summed E-state index contributed by atoms with van der Waals surface area (Å²) in [5.41, 5.74) is 5.76. The van der Waals surface area contributed by atoms with Crippen LogP contribution in [0.25, 0.3) is 0 Å². The van der Waals surface area contributed by atoms with Crippen LogP contribution in [-0.2, 0) is 0 Å². The third-order valence-corrected chi connectivity index (χ3v) is 5.49. The number of carbonyl (C=O) groups excluding carboxylic acids is 1. The third kappa shape index (κ3) is 5.07. The van der Waals surface area contributed by atoms with Crippen LogP contribution < -0.4 is 16.4 Å². The normalized spacial score (nSPS) is 19.3. The van der Waals surface area contributed by atoms with Gasteiger partial charge in [0.1, 0.15) is 10.7 Å². The smallest absolute Gasteiger partial charge is 0.265 e. The van der Waals surface area contributed by atoms with Gasteiger partial charge in [0.25, 0.3) is 5.91 Å². The number of nitrogen functional groups attached to an aromatic ring is 1. The molecule has 118 valence electrons. The summed E-state index contributed by atoms with van der Waals surface area (Å²) < 4.78 is 0. The molecule has 2 heterocycles. The van der Waals surface area contributed by atoms with Crippen molar-refractivity contribution < 1.29 is 4.79 Å². The quantitative estimate of drug-likeness (QED) is 0.792. The van der Waals surface area contributed by atoms with Gasteiger partial charge in [-0.05, 0) is 39.4 Å². The van der Waals surface area contributed by atoms with Crippen LogP contribution in [0.3, 0.4) is 0 Å². The molecule has 1 amide bonds. The summed E-state index contributed by atoms with van der Waals surface area (Å²) in [6.07, 6.45) is 3.73. The first-order chi connectivity index (χ1) is 9.85. The Hall–Kier alpha value is -0.950. The average Bonchev–Trinajstić information content (AvgIpc) is 2.76. The second-order valence-electron chi connectivity index (χ2n) is 6.31. The van der Waals surface area contributed by atoms with Crippen molar-refractivity contribution in [3.8, 4) is 0 Å². The van der Waals surface area contributed by atoms with E-state index in [2.05, 4.69) is 15.6 Å². The molecule has 1 fully saturated rings. The van der Waals surface area contributed by atoms with Crippen molar-refractivity contribution in [3.05, 3.63) is 4.88 Å². The maximum Gasteiger partial charge on any atom is 0.265 e. The first kappa shape index (κ1) is 16.4. The zero-order valence-corrected chi connectivity index (χ0v) is 14.5. The third-order valence-electron chi connectivity index (χ3n) is 3.11. The van der Waals surface area contributed by atoms with E-state index < -0.39 is 0 Å². The Labute approximate surface area is 134 Å². The predicted molar refractivity (Wildman–Crippen MR) is 92.3 cm³/mol. The molecule has 1 aromatic heterocycles. The lowest BCUT2D eigenvalue weighted by Crippen LogP contribution is -2.31. The van der Waals surface area contributed by atoms with Gasteiger partial charge in [-0.15, -0.1) is 0 Å². The number of hydrogen-bond acceptors (Lipinski definition) is 6. The molecule has 0 aromatic carbocycles. The molecule has 1 aliphatic rings. The van der Waals surface area contributed by atoms with Crippen molar-refractivity contribution in [2.75, 3.05) is 23.3 Å². The standard InChI is InChI=1S/C14H24N4OS2/c1-14(2,3)18-13-17-11(15)10(21-13)12(19)16-8-9-6-4-5-7-20-9/h9H,4-8,15H2,1-3H3,(H,16,19)(H,17,18). The van der Waals surface area contributed by atoms with E-state index in [4.69, 9.17) is 5.73 Å². The minimum atomic E-state index is -0.113. The lowest BCUT2D eigenvalue weighted by molar-refractivity contribution is 0.0958. The molecule has 1 aliphatic heterocycles. The highest BCUT2D eigenvalue weighted by atomic mass is 32.2. The van der Waals surface area contributed by atoms with E-state index in [9.17, 15) is 4.79 Å². The number of anilines is 2. The SMILES string of the molecule is CC(C)(C)Nc1nc(N)c(C(=O)NCC2CCCCS2)s1. The molecule has 7 heteroatoms. The molecule has 0 radical (unpaired) electrons. The summed E-state index contributed by atoms with van der Waals surface area (Å²) in [7, 11) is 0. The number of nitrogens with one attached hydrogen (secondary N) is 2. The highest BCUT2D eigenvalue weighted by molar-refractivity contribution is 7.99. The summed E-state index contributed by atoms with van der Waals surface area (Å²) in [6, 6.07) is 0. The average molecular weight is 329 g/mol. The van der Waals surface area contributed by atoms with Gasteiger partial charge < -0.3 is 16.4 Å². The maximum atomic E-state index is 12.2. The maximum absolute atomic E-state index is 12.2. The molecular formula is C14H24N4OS2. The Morgan fingerprint density at radius 2 is 2.19 bits per heavy atom. The van der Waals surface area contributed by atoms with Crippen LogP contribution in [0.5, 0.6) is 0 Å². The van der Waals surface area contributed by atoms with E-state index >= 15 is 0 Å². The van der Waals surface area contributed by atoms with Gasteiger partial charge in [0.15, 0.2) is 5.13 Å². The highest BCUT2D eigenvalue weighted by Gasteiger charge is 2.20. The second-order valence-corrected chi connectivity index (χ2v) is 8.71. The monoisotopic (exact) mass is 328 g/mol. The molecule has 2 rings (SSSR count).